The second kappa shape index (κ2) is 7.20. The smallest absolute Gasteiger partial charge is 0.248 e. The molecule has 0 aliphatic carbocycles. The monoisotopic (exact) mass is 356 g/mol. The average molecular weight is 356 g/mol. The Balaban J connectivity index is 1.75. The van der Waals surface area contributed by atoms with Gasteiger partial charge in [0.2, 0.25) is 15.9 Å². The molecule has 1 saturated heterocycles. The molecule has 24 heavy (non-hydrogen) atoms. The van der Waals surface area contributed by atoms with Gasteiger partial charge in [0.25, 0.3) is 0 Å². The van der Waals surface area contributed by atoms with E-state index in [-0.39, 0.29) is 30.7 Å². The van der Waals surface area contributed by atoms with E-state index in [0.29, 0.717) is 26.1 Å². The fraction of sp³-hybridized carbons (Fsp3) is 0.733. The van der Waals surface area contributed by atoms with E-state index in [1.54, 1.807) is 10.9 Å². The number of rotatable bonds is 5. The first-order valence-electron chi connectivity index (χ1n) is 8.44. The number of hydroxylamine groups is 2. The lowest BCUT2D eigenvalue weighted by Crippen LogP contribution is -2.44. The Bertz CT molecular complexity index is 681. The van der Waals surface area contributed by atoms with Crippen LogP contribution in [-0.2, 0) is 26.2 Å². The van der Waals surface area contributed by atoms with Gasteiger partial charge in [-0.1, -0.05) is 6.92 Å². The first-order valence-corrected chi connectivity index (χ1v) is 10.1. The van der Waals surface area contributed by atoms with Crippen LogP contribution in [-0.4, -0.2) is 58.9 Å². The van der Waals surface area contributed by atoms with E-state index in [9.17, 15) is 13.2 Å². The molecule has 0 spiro atoms. The molecular weight excluding hydrogens is 332 g/mol. The van der Waals surface area contributed by atoms with Gasteiger partial charge in [0.05, 0.1) is 37.1 Å². The maximum Gasteiger partial charge on any atom is 0.248 e. The Morgan fingerprint density at radius 1 is 1.42 bits per heavy atom. The minimum Gasteiger partial charge on any atom is -0.273 e. The zero-order chi connectivity index (χ0) is 17.2. The van der Waals surface area contributed by atoms with Gasteiger partial charge >= 0.3 is 0 Å². The van der Waals surface area contributed by atoms with Crippen molar-refractivity contribution >= 4 is 15.9 Å². The Labute approximate surface area is 142 Å². The summed E-state index contributed by atoms with van der Waals surface area (Å²) < 4.78 is 28.1. The normalized spacial score (nSPS) is 22.4. The van der Waals surface area contributed by atoms with Crippen LogP contribution in [0.3, 0.4) is 0 Å². The maximum absolute atomic E-state index is 12.5. The summed E-state index contributed by atoms with van der Waals surface area (Å²) in [5, 5.41) is 5.69. The molecule has 1 amide bonds. The van der Waals surface area contributed by atoms with Crippen LogP contribution in [0.5, 0.6) is 0 Å². The van der Waals surface area contributed by atoms with E-state index in [2.05, 4.69) is 5.10 Å². The molecule has 0 bridgehead atoms. The molecule has 1 unspecified atom stereocenters. The van der Waals surface area contributed by atoms with Crippen molar-refractivity contribution in [2.75, 3.05) is 25.4 Å². The number of hydrogen-bond acceptors (Lipinski definition) is 5. The first kappa shape index (κ1) is 17.4. The van der Waals surface area contributed by atoms with Crippen LogP contribution in [0.15, 0.2) is 12.3 Å². The molecule has 3 heterocycles. The molecule has 3 rings (SSSR count). The minimum absolute atomic E-state index is 0.115. The van der Waals surface area contributed by atoms with Crippen molar-refractivity contribution in [1.82, 2.24) is 19.1 Å². The van der Waals surface area contributed by atoms with Gasteiger partial charge in [0.15, 0.2) is 0 Å². The van der Waals surface area contributed by atoms with Crippen LogP contribution >= 0.6 is 0 Å². The summed E-state index contributed by atoms with van der Waals surface area (Å²) >= 11 is 0. The van der Waals surface area contributed by atoms with E-state index >= 15 is 0 Å². The zero-order valence-electron chi connectivity index (χ0n) is 13.9. The Kier molecular flexibility index (Phi) is 5.21. The number of amides is 1. The van der Waals surface area contributed by atoms with Crippen molar-refractivity contribution in [3.63, 3.8) is 0 Å². The van der Waals surface area contributed by atoms with Gasteiger partial charge in [0, 0.05) is 19.3 Å². The van der Waals surface area contributed by atoms with E-state index in [1.807, 2.05) is 13.0 Å². The molecule has 0 radical (unpaired) electrons. The molecular formula is C15H24N4O4S. The third-order valence-electron chi connectivity index (χ3n) is 4.40. The highest BCUT2D eigenvalue weighted by Gasteiger charge is 2.34. The van der Waals surface area contributed by atoms with Crippen LogP contribution in [0, 0.1) is 0 Å². The number of carbonyl (C=O) groups excluding carboxylic acids is 1. The van der Waals surface area contributed by atoms with Crippen molar-refractivity contribution in [2.24, 2.45) is 0 Å². The molecule has 0 saturated carbocycles. The number of hydrogen-bond donors (Lipinski definition) is 0. The molecule has 0 N–H and O–H groups in total. The van der Waals surface area contributed by atoms with Crippen LogP contribution in [0.25, 0.3) is 0 Å². The van der Waals surface area contributed by atoms with Gasteiger partial charge < -0.3 is 0 Å². The topological polar surface area (TPSA) is 84.7 Å². The van der Waals surface area contributed by atoms with Gasteiger partial charge in [-0.05, 0) is 25.3 Å². The molecule has 1 aromatic heterocycles. The predicted molar refractivity (Wildman–Crippen MR) is 87.3 cm³/mol. The van der Waals surface area contributed by atoms with E-state index in [1.165, 1.54) is 9.37 Å². The molecule has 9 heteroatoms. The minimum atomic E-state index is -3.31. The summed E-state index contributed by atoms with van der Waals surface area (Å²) in [4.78, 5) is 17.9. The second-order valence-corrected chi connectivity index (χ2v) is 8.36. The fourth-order valence-electron chi connectivity index (χ4n) is 3.20. The Morgan fingerprint density at radius 3 is 2.96 bits per heavy atom. The molecule has 8 nitrogen and oxygen atoms in total. The number of carbonyl (C=O) groups is 1. The van der Waals surface area contributed by atoms with Crippen LogP contribution in [0.4, 0.5) is 0 Å². The lowest BCUT2D eigenvalue weighted by molar-refractivity contribution is -0.198. The SMILES string of the molecule is CCCS(=O)(=O)N1Cc2ccnn2C(CC(=O)N2CCCCO2)C1. The third-order valence-corrected chi connectivity index (χ3v) is 6.39. The summed E-state index contributed by atoms with van der Waals surface area (Å²) in [5.41, 5.74) is 0.818. The highest BCUT2D eigenvalue weighted by molar-refractivity contribution is 7.89. The molecule has 0 aromatic carbocycles. The van der Waals surface area contributed by atoms with Crippen molar-refractivity contribution in [3.8, 4) is 0 Å². The first-order chi connectivity index (χ1) is 11.5. The zero-order valence-corrected chi connectivity index (χ0v) is 14.7. The fourth-order valence-corrected chi connectivity index (χ4v) is 4.70. The summed E-state index contributed by atoms with van der Waals surface area (Å²) in [7, 11) is -3.31. The van der Waals surface area contributed by atoms with Gasteiger partial charge in [-0.2, -0.15) is 9.40 Å². The summed E-state index contributed by atoms with van der Waals surface area (Å²) in [6.07, 6.45) is 4.30. The number of fused-ring (bicyclic) bond motifs is 1. The molecule has 2 aliphatic rings. The van der Waals surface area contributed by atoms with Crippen LogP contribution < -0.4 is 0 Å². The van der Waals surface area contributed by atoms with Crippen molar-refractivity contribution < 1.29 is 18.0 Å². The molecule has 1 atom stereocenters. The van der Waals surface area contributed by atoms with E-state index in [4.69, 9.17) is 4.84 Å². The number of aromatic nitrogens is 2. The van der Waals surface area contributed by atoms with Crippen LogP contribution in [0.1, 0.15) is 44.3 Å². The highest BCUT2D eigenvalue weighted by Crippen LogP contribution is 2.26. The Morgan fingerprint density at radius 2 is 2.25 bits per heavy atom. The molecule has 134 valence electrons. The summed E-state index contributed by atoms with van der Waals surface area (Å²) in [6, 6.07) is 1.51. The maximum atomic E-state index is 12.5. The summed E-state index contributed by atoms with van der Waals surface area (Å²) in [6.45, 7) is 3.58. The van der Waals surface area contributed by atoms with Gasteiger partial charge in [-0.25, -0.2) is 13.5 Å². The van der Waals surface area contributed by atoms with E-state index in [0.717, 1.165) is 18.5 Å². The highest BCUT2D eigenvalue weighted by atomic mass is 32.2. The van der Waals surface area contributed by atoms with Gasteiger partial charge in [-0.3, -0.25) is 14.3 Å². The molecule has 1 fully saturated rings. The van der Waals surface area contributed by atoms with Gasteiger partial charge in [-0.15, -0.1) is 0 Å². The predicted octanol–water partition coefficient (Wildman–Crippen LogP) is 0.924. The second-order valence-electron chi connectivity index (χ2n) is 6.27. The van der Waals surface area contributed by atoms with Crippen molar-refractivity contribution in [3.05, 3.63) is 18.0 Å². The van der Waals surface area contributed by atoms with Crippen molar-refractivity contribution in [2.45, 2.75) is 45.2 Å². The molecule has 1 aromatic rings. The number of sulfonamides is 1. The average Bonchev–Trinajstić information content (AvgIpc) is 3.04. The van der Waals surface area contributed by atoms with Crippen LogP contribution in [0.2, 0.25) is 0 Å². The number of nitrogens with zero attached hydrogens (tertiary/aromatic N) is 4. The molecule has 2 aliphatic heterocycles. The standard InChI is InChI=1S/C15H24N4O4S/c1-2-9-24(21,22)17-11-13-5-6-16-19(13)14(12-17)10-15(20)18-7-3-4-8-23-18/h5-6,14H,2-4,7-12H2,1H3. The van der Waals surface area contributed by atoms with Crippen molar-refractivity contribution in [1.29, 1.82) is 0 Å². The third kappa shape index (κ3) is 3.62. The largest absolute Gasteiger partial charge is 0.273 e. The lowest BCUT2D eigenvalue weighted by Gasteiger charge is -2.34. The quantitative estimate of drug-likeness (QED) is 0.783. The van der Waals surface area contributed by atoms with Gasteiger partial charge in [0.1, 0.15) is 0 Å². The van der Waals surface area contributed by atoms with E-state index < -0.39 is 10.0 Å². The summed E-state index contributed by atoms with van der Waals surface area (Å²) in [5.74, 6) is 0.00715. The lowest BCUT2D eigenvalue weighted by atomic mass is 10.1. The Hall–Kier alpha value is -1.45.